The molecule has 0 aromatic rings. The third-order valence-corrected chi connectivity index (χ3v) is 3.85. The summed E-state index contributed by atoms with van der Waals surface area (Å²) >= 11 is 0. The Morgan fingerprint density at radius 1 is 1.00 bits per heavy atom. The van der Waals surface area contributed by atoms with Crippen molar-refractivity contribution in [3.05, 3.63) is 48.1 Å². The SMILES string of the molecule is C/C=C(\C)CCCCCCC\C=C/C=C/C=C\C[C@@H](O)CC(=O)[O-]. The van der Waals surface area contributed by atoms with Crippen molar-refractivity contribution in [1.82, 2.24) is 0 Å². The molecule has 0 amide bonds. The van der Waals surface area contributed by atoms with Gasteiger partial charge in [-0.25, -0.2) is 0 Å². The number of aliphatic hydroxyl groups is 1. The molecule has 0 aliphatic rings. The molecule has 0 aromatic carbocycles. The van der Waals surface area contributed by atoms with E-state index >= 15 is 0 Å². The van der Waals surface area contributed by atoms with Crippen LogP contribution in [0.5, 0.6) is 0 Å². The number of hydrogen-bond acceptors (Lipinski definition) is 3. The molecule has 0 saturated heterocycles. The van der Waals surface area contributed by atoms with Gasteiger partial charge in [-0.15, -0.1) is 0 Å². The van der Waals surface area contributed by atoms with Crippen molar-refractivity contribution in [2.75, 3.05) is 0 Å². The second-order valence-corrected chi connectivity index (χ2v) is 6.15. The fourth-order valence-electron chi connectivity index (χ4n) is 2.23. The molecule has 0 heterocycles. The van der Waals surface area contributed by atoms with Crippen molar-refractivity contribution in [3.63, 3.8) is 0 Å². The lowest BCUT2D eigenvalue weighted by Gasteiger charge is -2.07. The van der Waals surface area contributed by atoms with Crippen LogP contribution in [0.2, 0.25) is 0 Å². The maximum absolute atomic E-state index is 10.3. The van der Waals surface area contributed by atoms with E-state index in [2.05, 4.69) is 26.0 Å². The van der Waals surface area contributed by atoms with Crippen LogP contribution in [0.4, 0.5) is 0 Å². The molecular weight excluding hydrogens is 300 g/mol. The zero-order valence-corrected chi connectivity index (χ0v) is 15.2. The summed E-state index contributed by atoms with van der Waals surface area (Å²) in [6.45, 7) is 4.30. The third-order valence-electron chi connectivity index (χ3n) is 3.85. The van der Waals surface area contributed by atoms with Gasteiger partial charge >= 0.3 is 0 Å². The smallest absolute Gasteiger partial charge is 0.0626 e. The van der Waals surface area contributed by atoms with Crippen LogP contribution >= 0.6 is 0 Å². The average molecular weight is 333 g/mol. The molecule has 3 heteroatoms. The van der Waals surface area contributed by atoms with E-state index in [-0.39, 0.29) is 6.42 Å². The predicted octanol–water partition coefficient (Wildman–Crippen LogP) is 4.24. The first-order chi connectivity index (χ1) is 11.6. The number of carbonyl (C=O) groups is 1. The summed E-state index contributed by atoms with van der Waals surface area (Å²) in [5.41, 5.74) is 1.49. The first-order valence-electron chi connectivity index (χ1n) is 9.04. The van der Waals surface area contributed by atoms with Crippen LogP contribution in [0.3, 0.4) is 0 Å². The third kappa shape index (κ3) is 16.8. The van der Waals surface area contributed by atoms with Crippen molar-refractivity contribution in [3.8, 4) is 0 Å². The number of hydrogen-bond donors (Lipinski definition) is 1. The molecule has 0 saturated carbocycles. The Hall–Kier alpha value is -1.61. The van der Waals surface area contributed by atoms with Crippen LogP contribution in [-0.4, -0.2) is 17.2 Å². The Bertz CT molecular complexity index is 430. The Balaban J connectivity index is 3.50. The number of carboxylic acids is 1. The molecule has 0 aliphatic heterocycles. The summed E-state index contributed by atoms with van der Waals surface area (Å²) < 4.78 is 0. The van der Waals surface area contributed by atoms with E-state index in [4.69, 9.17) is 0 Å². The number of aliphatic hydroxyl groups excluding tert-OH is 1. The molecule has 1 atom stereocenters. The van der Waals surface area contributed by atoms with Crippen LogP contribution in [0.1, 0.15) is 71.6 Å². The molecule has 0 fully saturated rings. The zero-order valence-electron chi connectivity index (χ0n) is 15.2. The first-order valence-corrected chi connectivity index (χ1v) is 9.04. The minimum absolute atomic E-state index is 0.317. The van der Waals surface area contributed by atoms with Crippen LogP contribution < -0.4 is 5.11 Å². The highest BCUT2D eigenvalue weighted by atomic mass is 16.4. The molecule has 0 bridgehead atoms. The second-order valence-electron chi connectivity index (χ2n) is 6.15. The Morgan fingerprint density at radius 2 is 1.62 bits per heavy atom. The summed E-state index contributed by atoms with van der Waals surface area (Å²) in [6, 6.07) is 0. The van der Waals surface area contributed by atoms with Gasteiger partial charge in [0.2, 0.25) is 0 Å². The van der Waals surface area contributed by atoms with E-state index in [1.54, 1.807) is 6.08 Å². The molecule has 3 nitrogen and oxygen atoms in total. The largest absolute Gasteiger partial charge is 0.550 e. The number of carbonyl (C=O) groups excluding carboxylic acids is 1. The quantitative estimate of drug-likeness (QED) is 0.294. The number of allylic oxidation sites excluding steroid dienone is 7. The Kier molecular flexibility index (Phi) is 15.2. The minimum atomic E-state index is -1.22. The lowest BCUT2D eigenvalue weighted by Crippen LogP contribution is -2.27. The predicted molar refractivity (Wildman–Crippen MR) is 99.4 cm³/mol. The topological polar surface area (TPSA) is 60.4 Å². The van der Waals surface area contributed by atoms with E-state index in [1.165, 1.54) is 44.1 Å². The van der Waals surface area contributed by atoms with Gasteiger partial charge < -0.3 is 15.0 Å². The lowest BCUT2D eigenvalue weighted by molar-refractivity contribution is -0.307. The summed E-state index contributed by atoms with van der Waals surface area (Å²) in [6.07, 6.45) is 21.7. The molecule has 136 valence electrons. The molecule has 0 rings (SSSR count). The number of aliphatic carboxylic acids is 1. The number of unbranched alkanes of at least 4 members (excludes halogenated alkanes) is 5. The summed E-state index contributed by atoms with van der Waals surface area (Å²) in [5, 5.41) is 19.6. The fourth-order valence-corrected chi connectivity index (χ4v) is 2.23. The molecular formula is C21H33O3-. The standard InChI is InChI=1S/C21H34O3/c1-3-19(2)16-14-12-10-8-6-4-5-7-9-11-13-15-17-20(22)18-21(23)24/h3,5,7,9,11,13,15,20,22H,4,6,8,10,12,14,16-18H2,1-2H3,(H,23,24)/p-1/b7-5-,11-9+,15-13-,19-3+/t20-/m1/s1. The van der Waals surface area contributed by atoms with Crippen LogP contribution in [-0.2, 0) is 4.79 Å². The highest BCUT2D eigenvalue weighted by Crippen LogP contribution is 2.11. The van der Waals surface area contributed by atoms with Crippen molar-refractivity contribution >= 4 is 5.97 Å². The molecule has 0 radical (unpaired) electrons. The fraction of sp³-hybridized carbons (Fsp3) is 0.571. The minimum Gasteiger partial charge on any atom is -0.550 e. The van der Waals surface area contributed by atoms with Gasteiger partial charge in [0.15, 0.2) is 0 Å². The van der Waals surface area contributed by atoms with Crippen molar-refractivity contribution in [2.45, 2.75) is 77.7 Å². The summed E-state index contributed by atoms with van der Waals surface area (Å²) in [7, 11) is 0. The molecule has 0 spiro atoms. The van der Waals surface area contributed by atoms with Gasteiger partial charge in [-0.05, 0) is 46.0 Å². The monoisotopic (exact) mass is 333 g/mol. The normalized spacial score (nSPS) is 14.2. The number of rotatable bonds is 14. The highest BCUT2D eigenvalue weighted by molar-refractivity contribution is 5.64. The van der Waals surface area contributed by atoms with Crippen molar-refractivity contribution < 1.29 is 15.0 Å². The van der Waals surface area contributed by atoms with Gasteiger partial charge in [0.05, 0.1) is 6.10 Å². The number of carboxylic acid groups (broad SMARTS) is 1. The van der Waals surface area contributed by atoms with Gasteiger partial charge in [0, 0.05) is 12.4 Å². The van der Waals surface area contributed by atoms with Gasteiger partial charge in [-0.2, -0.15) is 0 Å². The van der Waals surface area contributed by atoms with Crippen molar-refractivity contribution in [1.29, 1.82) is 0 Å². The molecule has 0 aromatic heterocycles. The first kappa shape index (κ1) is 22.4. The van der Waals surface area contributed by atoms with E-state index in [9.17, 15) is 15.0 Å². The highest BCUT2D eigenvalue weighted by Gasteiger charge is 2.00. The van der Waals surface area contributed by atoms with E-state index < -0.39 is 12.1 Å². The van der Waals surface area contributed by atoms with E-state index in [1.807, 2.05) is 24.3 Å². The molecule has 0 unspecified atom stereocenters. The van der Waals surface area contributed by atoms with E-state index in [0.717, 1.165) is 6.42 Å². The lowest BCUT2D eigenvalue weighted by atomic mass is 10.1. The molecule has 24 heavy (non-hydrogen) atoms. The van der Waals surface area contributed by atoms with Gasteiger partial charge in [-0.3, -0.25) is 0 Å². The van der Waals surface area contributed by atoms with Gasteiger partial charge in [-0.1, -0.05) is 67.4 Å². The Morgan fingerprint density at radius 3 is 2.29 bits per heavy atom. The summed E-state index contributed by atoms with van der Waals surface area (Å²) in [5.74, 6) is -1.22. The second kappa shape index (κ2) is 16.3. The van der Waals surface area contributed by atoms with Gasteiger partial charge in [0.25, 0.3) is 0 Å². The van der Waals surface area contributed by atoms with Gasteiger partial charge in [0.1, 0.15) is 0 Å². The maximum atomic E-state index is 10.3. The summed E-state index contributed by atoms with van der Waals surface area (Å²) in [4.78, 5) is 10.3. The average Bonchev–Trinajstić information content (AvgIpc) is 2.54. The van der Waals surface area contributed by atoms with E-state index in [0.29, 0.717) is 6.42 Å². The zero-order chi connectivity index (χ0) is 18.0. The maximum Gasteiger partial charge on any atom is 0.0626 e. The molecule has 0 aliphatic carbocycles. The van der Waals surface area contributed by atoms with Crippen LogP contribution in [0.25, 0.3) is 0 Å². The van der Waals surface area contributed by atoms with Crippen LogP contribution in [0.15, 0.2) is 48.1 Å². The van der Waals surface area contributed by atoms with Crippen LogP contribution in [0, 0.1) is 0 Å². The Labute approximate surface area is 147 Å². The van der Waals surface area contributed by atoms with Crippen molar-refractivity contribution in [2.24, 2.45) is 0 Å². The molecule has 1 N–H and O–H groups in total.